The number of nitrogens with zero attached hydrogens (tertiary/aromatic N) is 7. The molecule has 14 nitrogen and oxygen atoms in total. The van der Waals surface area contributed by atoms with Gasteiger partial charge in [0, 0.05) is 123 Å². The van der Waals surface area contributed by atoms with Crippen molar-refractivity contribution in [2.24, 2.45) is 0 Å². The van der Waals surface area contributed by atoms with Crippen molar-refractivity contribution in [2.75, 3.05) is 93.2 Å². The number of carbonyl (C=O) groups excluding carboxylic acids is 1. The molecule has 458 valence electrons. The Morgan fingerprint density at radius 2 is 0.744 bits per heavy atom. The monoisotopic (exact) mass is 1200 g/mol. The average Bonchev–Trinajstić information content (AvgIpc) is 2.86. The third-order valence-electron chi connectivity index (χ3n) is 16.7. The molecule has 0 bridgehead atoms. The first-order chi connectivity index (χ1) is 41.8. The first kappa shape index (κ1) is 65.1. The first-order valence-corrected chi connectivity index (χ1v) is 34.0. The van der Waals surface area contributed by atoms with E-state index in [0.29, 0.717) is 54.1 Å². The third-order valence-corrected chi connectivity index (χ3v) is 20.8. The summed E-state index contributed by atoms with van der Waals surface area (Å²) in [7, 11) is -6.89. The van der Waals surface area contributed by atoms with Crippen LogP contribution in [0.25, 0.3) is 0 Å². The lowest BCUT2D eigenvalue weighted by molar-refractivity contribution is 0.0773. The van der Waals surface area contributed by atoms with Gasteiger partial charge in [0.2, 0.25) is 20.0 Å². The van der Waals surface area contributed by atoms with Gasteiger partial charge in [0.15, 0.2) is 0 Å². The smallest absolute Gasteiger partial charge is 0.253 e. The van der Waals surface area contributed by atoms with Gasteiger partial charge >= 0.3 is 0 Å². The second kappa shape index (κ2) is 32.2. The van der Waals surface area contributed by atoms with E-state index in [1.807, 2.05) is 113 Å². The molecular formula is C70H91N9O5S2. The Labute approximate surface area is 514 Å². The first-order valence-electron chi connectivity index (χ1n) is 31.1. The Bertz CT molecular complexity index is 3320. The summed E-state index contributed by atoms with van der Waals surface area (Å²) in [5.41, 5.74) is 8.79. The van der Waals surface area contributed by atoms with Crippen molar-refractivity contribution < 1.29 is 21.6 Å². The highest BCUT2D eigenvalue weighted by Gasteiger charge is 2.30. The highest BCUT2D eigenvalue weighted by Crippen LogP contribution is 2.36. The van der Waals surface area contributed by atoms with Crippen LogP contribution in [0.5, 0.6) is 0 Å². The minimum atomic E-state index is -3.46. The predicted molar refractivity (Wildman–Crippen MR) is 354 cm³/mol. The van der Waals surface area contributed by atoms with Crippen molar-refractivity contribution in [2.45, 2.75) is 108 Å². The maximum atomic E-state index is 12.9. The molecule has 2 N–H and O–H groups in total. The molecule has 3 aliphatic rings. The zero-order valence-electron chi connectivity index (χ0n) is 51.4. The van der Waals surface area contributed by atoms with Gasteiger partial charge in [-0.25, -0.2) is 16.8 Å². The van der Waals surface area contributed by atoms with Gasteiger partial charge in [-0.3, -0.25) is 9.69 Å². The standard InChI is InChI=1S/C28H35N3O2S.C21H29N3O2S.C21H27N3O/c1-3-30(4-2)34(32,33)28-17-15-26(16-18-28)31(25-13-9-6-10-14-25)27-19-21-29(22-20-27)23-24-11-7-5-8-12-24;1-3-23(4-2)27(25,26)21-12-10-19(11-13-21)24(18-8-6-5-7-9-18)20-14-16-22-17-15-20;1-3-23(4-2)21(25)17-10-12-19(13-11-17)24(20-14-15-22-16-20)18-8-6-5-7-9-18/h5-18,27H,3-4,19-23H2,1-2H3;5-13,20,22H,3-4,14-17H2,1-2H3;5-13,20,22H,3-4,14-16H2,1-2H3. The lowest BCUT2D eigenvalue weighted by Gasteiger charge is -2.40. The Kier molecular flexibility index (Phi) is 24.4. The molecule has 3 saturated heterocycles. The SMILES string of the molecule is CCN(CC)C(=O)c1ccc(N(c2ccccc2)C2CCNC2)cc1.CCN(CC)S(=O)(=O)c1ccc(N(c2ccccc2)C2CCN(Cc3ccccc3)CC2)cc1.CCN(CC)S(=O)(=O)c1ccc(N(c2ccccc2)C2CCNCC2)cc1. The molecule has 3 fully saturated rings. The summed E-state index contributed by atoms with van der Waals surface area (Å²) >= 11 is 0. The molecule has 16 heteroatoms. The molecule has 10 rings (SSSR count). The van der Waals surface area contributed by atoms with Gasteiger partial charge < -0.3 is 30.2 Å². The van der Waals surface area contributed by atoms with Crippen LogP contribution in [-0.2, 0) is 26.6 Å². The van der Waals surface area contributed by atoms with Crippen molar-refractivity contribution in [3.63, 3.8) is 0 Å². The van der Waals surface area contributed by atoms with Crippen molar-refractivity contribution in [1.82, 2.24) is 29.0 Å². The maximum Gasteiger partial charge on any atom is 0.253 e. The number of hydrogen-bond acceptors (Lipinski definition) is 11. The molecule has 7 aromatic carbocycles. The van der Waals surface area contributed by atoms with Crippen LogP contribution in [0.4, 0.5) is 34.1 Å². The summed E-state index contributed by atoms with van der Waals surface area (Å²) in [6.45, 7) is 22.0. The molecule has 3 aliphatic heterocycles. The second-order valence-corrected chi connectivity index (χ2v) is 25.8. The summed E-state index contributed by atoms with van der Waals surface area (Å²) < 4.78 is 54.4. The molecular weight excluding hydrogens is 1110 g/mol. The van der Waals surface area contributed by atoms with Gasteiger partial charge in [0.05, 0.1) is 9.79 Å². The van der Waals surface area contributed by atoms with E-state index in [1.165, 1.54) is 19.9 Å². The van der Waals surface area contributed by atoms with E-state index in [2.05, 4.69) is 133 Å². The predicted octanol–water partition coefficient (Wildman–Crippen LogP) is 12.8. The number of nitrogens with one attached hydrogen (secondary N) is 2. The number of anilines is 6. The number of sulfonamides is 2. The minimum Gasteiger partial charge on any atom is -0.339 e. The zero-order chi connectivity index (χ0) is 60.9. The lowest BCUT2D eigenvalue weighted by Crippen LogP contribution is -2.42. The molecule has 7 aromatic rings. The highest BCUT2D eigenvalue weighted by molar-refractivity contribution is 7.89. The van der Waals surface area contributed by atoms with E-state index in [9.17, 15) is 21.6 Å². The van der Waals surface area contributed by atoms with Crippen LogP contribution >= 0.6 is 0 Å². The van der Waals surface area contributed by atoms with Gasteiger partial charge in [0.25, 0.3) is 5.91 Å². The van der Waals surface area contributed by atoms with Crippen LogP contribution in [0.3, 0.4) is 0 Å². The molecule has 0 aromatic heterocycles. The van der Waals surface area contributed by atoms with E-state index in [4.69, 9.17) is 0 Å². The summed E-state index contributed by atoms with van der Waals surface area (Å²) in [4.78, 5) is 24.7. The molecule has 0 saturated carbocycles. The molecule has 0 spiro atoms. The average molecular weight is 1200 g/mol. The van der Waals surface area contributed by atoms with E-state index < -0.39 is 20.0 Å². The Morgan fingerprint density at radius 1 is 0.407 bits per heavy atom. The molecule has 1 unspecified atom stereocenters. The van der Waals surface area contributed by atoms with Crippen LogP contribution in [0.15, 0.2) is 204 Å². The molecule has 0 radical (unpaired) electrons. The van der Waals surface area contributed by atoms with Crippen molar-refractivity contribution in [1.29, 1.82) is 0 Å². The maximum absolute atomic E-state index is 12.9. The number of likely N-dealkylation sites (tertiary alicyclic amines) is 1. The van der Waals surface area contributed by atoms with Gasteiger partial charge in [-0.15, -0.1) is 0 Å². The largest absolute Gasteiger partial charge is 0.339 e. The molecule has 86 heavy (non-hydrogen) atoms. The van der Waals surface area contributed by atoms with Crippen LogP contribution < -0.4 is 25.3 Å². The number of hydrogen-bond donors (Lipinski definition) is 2. The van der Waals surface area contributed by atoms with Crippen LogP contribution in [-0.4, -0.2) is 138 Å². The summed E-state index contributed by atoms with van der Waals surface area (Å²) in [6.07, 6.45) is 5.36. The highest BCUT2D eigenvalue weighted by atomic mass is 32.2. The van der Waals surface area contributed by atoms with Gasteiger partial charge in [-0.2, -0.15) is 8.61 Å². The fraction of sp³-hybridized carbons (Fsp3) is 0.386. The number of benzene rings is 7. The van der Waals surface area contributed by atoms with Crippen molar-refractivity contribution in [3.05, 3.63) is 205 Å². The summed E-state index contributed by atoms with van der Waals surface area (Å²) in [5.74, 6) is 0.102. The molecule has 1 amide bonds. The van der Waals surface area contributed by atoms with Crippen molar-refractivity contribution >= 4 is 60.1 Å². The fourth-order valence-electron chi connectivity index (χ4n) is 12.0. The molecule has 0 aliphatic carbocycles. The van der Waals surface area contributed by atoms with E-state index in [-0.39, 0.29) is 5.91 Å². The number of para-hydroxylation sites is 3. The van der Waals surface area contributed by atoms with Gasteiger partial charge in [-0.1, -0.05) is 113 Å². The van der Waals surface area contributed by atoms with Crippen LogP contribution in [0.1, 0.15) is 89.6 Å². The van der Waals surface area contributed by atoms with Crippen LogP contribution in [0, 0.1) is 0 Å². The number of amides is 1. The zero-order valence-corrected chi connectivity index (χ0v) is 53.1. The fourth-order valence-corrected chi connectivity index (χ4v) is 14.9. The van der Waals surface area contributed by atoms with Crippen LogP contribution in [0.2, 0.25) is 0 Å². The Hall–Kier alpha value is -6.89. The van der Waals surface area contributed by atoms with E-state index >= 15 is 0 Å². The van der Waals surface area contributed by atoms with E-state index in [1.54, 1.807) is 24.3 Å². The quantitative estimate of drug-likeness (QED) is 0.0672. The van der Waals surface area contributed by atoms with Crippen molar-refractivity contribution in [3.8, 4) is 0 Å². The molecule has 3 heterocycles. The van der Waals surface area contributed by atoms with Gasteiger partial charge in [0.1, 0.15) is 0 Å². The number of piperidine rings is 2. The lowest BCUT2D eigenvalue weighted by atomic mass is 10.0. The second-order valence-electron chi connectivity index (χ2n) is 21.9. The molecule has 1 atom stereocenters. The summed E-state index contributed by atoms with van der Waals surface area (Å²) in [5, 5.41) is 6.86. The summed E-state index contributed by atoms with van der Waals surface area (Å²) in [6, 6.07) is 65.9. The topological polar surface area (TPSA) is 132 Å². The Balaban J connectivity index is 0.000000170. The van der Waals surface area contributed by atoms with E-state index in [0.717, 1.165) is 125 Å². The normalized spacial score (nSPS) is 15.9. The number of rotatable bonds is 22. The minimum absolute atomic E-state index is 0.102. The number of carbonyl (C=O) groups is 1. The Morgan fingerprint density at radius 3 is 1.12 bits per heavy atom. The third kappa shape index (κ3) is 16.6. The van der Waals surface area contributed by atoms with Gasteiger partial charge in [-0.05, 0) is 180 Å².